The molecule has 4 aromatic rings. The van der Waals surface area contributed by atoms with Crippen molar-refractivity contribution in [3.8, 4) is 22.6 Å². The lowest BCUT2D eigenvalue weighted by atomic mass is 10.1. The van der Waals surface area contributed by atoms with Crippen LogP contribution in [-0.4, -0.2) is 36.6 Å². The molecule has 0 unspecified atom stereocenters. The van der Waals surface area contributed by atoms with Gasteiger partial charge in [-0.2, -0.15) is 0 Å². The maximum absolute atomic E-state index is 13.4. The Balaban J connectivity index is 1.46. The number of fused-ring (bicyclic) bond motifs is 1. The largest absolute Gasteiger partial charge is 0.497 e. The van der Waals surface area contributed by atoms with Crippen LogP contribution in [0.25, 0.3) is 22.2 Å². The van der Waals surface area contributed by atoms with Crippen LogP contribution >= 0.6 is 0 Å². The third-order valence-electron chi connectivity index (χ3n) is 5.91. The highest BCUT2D eigenvalue weighted by Crippen LogP contribution is 2.36. The average Bonchev–Trinajstić information content (AvgIpc) is 3.50. The predicted octanol–water partition coefficient (Wildman–Crippen LogP) is 5.49. The van der Waals surface area contributed by atoms with E-state index in [4.69, 9.17) is 18.9 Å². The summed E-state index contributed by atoms with van der Waals surface area (Å²) in [5, 5.41) is 0. The minimum Gasteiger partial charge on any atom is -0.497 e. The maximum Gasteiger partial charge on any atom is 0.254 e. The van der Waals surface area contributed by atoms with Crippen molar-refractivity contribution in [3.05, 3.63) is 78.2 Å². The van der Waals surface area contributed by atoms with Crippen LogP contribution in [0.1, 0.15) is 35.1 Å². The Hall–Kier alpha value is -3.80. The van der Waals surface area contributed by atoms with E-state index < -0.39 is 0 Å². The van der Waals surface area contributed by atoms with E-state index in [2.05, 4.69) is 12.1 Å². The number of ether oxygens (including phenoxy) is 2. The molecule has 0 radical (unpaired) electrons. The number of methoxy groups -OCH3 is 2. The van der Waals surface area contributed by atoms with Crippen molar-refractivity contribution in [1.82, 2.24) is 9.88 Å². The van der Waals surface area contributed by atoms with Crippen LogP contribution in [0, 0.1) is 0 Å². The molecule has 1 amide bonds. The number of carbonyl (C=O) groups is 1. The molecule has 162 valence electrons. The summed E-state index contributed by atoms with van der Waals surface area (Å²) in [7, 11) is 3.15. The number of oxazole rings is 1. The fourth-order valence-electron chi connectivity index (χ4n) is 4.26. The zero-order chi connectivity index (χ0) is 22.1. The number of nitrogens with zero attached hydrogens (tertiary/aromatic N) is 2. The van der Waals surface area contributed by atoms with Gasteiger partial charge in [0.2, 0.25) is 5.89 Å². The van der Waals surface area contributed by atoms with Crippen LogP contribution in [0.2, 0.25) is 0 Å². The van der Waals surface area contributed by atoms with E-state index in [-0.39, 0.29) is 11.9 Å². The molecular formula is C26H24N2O4. The molecular weight excluding hydrogens is 404 g/mol. The molecule has 1 aliphatic rings. The first-order chi connectivity index (χ1) is 15.7. The topological polar surface area (TPSA) is 64.8 Å². The Bertz CT molecular complexity index is 1240. The van der Waals surface area contributed by atoms with Crippen LogP contribution in [-0.2, 0) is 0 Å². The molecule has 5 rings (SSSR count). The summed E-state index contributed by atoms with van der Waals surface area (Å²) in [6.07, 6.45) is 1.71. The van der Waals surface area contributed by atoms with Crippen molar-refractivity contribution in [3.63, 3.8) is 0 Å². The van der Waals surface area contributed by atoms with E-state index in [0.717, 1.165) is 35.1 Å². The Morgan fingerprint density at radius 1 is 0.969 bits per heavy atom. The Morgan fingerprint density at radius 3 is 2.44 bits per heavy atom. The zero-order valence-corrected chi connectivity index (χ0v) is 18.1. The van der Waals surface area contributed by atoms with Gasteiger partial charge >= 0.3 is 0 Å². The molecule has 1 aromatic heterocycles. The number of benzene rings is 3. The molecule has 3 aromatic carbocycles. The summed E-state index contributed by atoms with van der Waals surface area (Å²) in [5.41, 5.74) is 4.26. The van der Waals surface area contributed by atoms with E-state index in [0.29, 0.717) is 29.5 Å². The fourth-order valence-corrected chi connectivity index (χ4v) is 4.26. The second-order valence-corrected chi connectivity index (χ2v) is 7.86. The third-order valence-corrected chi connectivity index (χ3v) is 5.91. The number of aromatic nitrogens is 1. The molecule has 0 bridgehead atoms. The molecule has 1 saturated heterocycles. The van der Waals surface area contributed by atoms with Gasteiger partial charge in [0.05, 0.1) is 14.2 Å². The van der Waals surface area contributed by atoms with Crippen molar-refractivity contribution in [1.29, 1.82) is 0 Å². The van der Waals surface area contributed by atoms with Gasteiger partial charge in [0.15, 0.2) is 5.58 Å². The van der Waals surface area contributed by atoms with Gasteiger partial charge < -0.3 is 18.8 Å². The first kappa shape index (κ1) is 20.1. The quantitative estimate of drug-likeness (QED) is 0.421. The molecule has 1 atom stereocenters. The predicted molar refractivity (Wildman–Crippen MR) is 122 cm³/mol. The number of carbonyl (C=O) groups excluding carboxylic acids is 1. The maximum atomic E-state index is 13.4. The minimum absolute atomic E-state index is 0.0862. The number of rotatable bonds is 5. The van der Waals surface area contributed by atoms with Crippen LogP contribution in [0.15, 0.2) is 71.1 Å². The average molecular weight is 428 g/mol. The molecule has 32 heavy (non-hydrogen) atoms. The summed E-state index contributed by atoms with van der Waals surface area (Å²) in [6.45, 7) is 0.650. The van der Waals surface area contributed by atoms with Crippen molar-refractivity contribution in [2.24, 2.45) is 0 Å². The molecule has 1 fully saturated rings. The summed E-state index contributed by atoms with van der Waals surface area (Å²) < 4.78 is 16.7. The van der Waals surface area contributed by atoms with Crippen LogP contribution in [0.3, 0.4) is 0 Å². The highest BCUT2D eigenvalue weighted by atomic mass is 16.5. The monoisotopic (exact) mass is 428 g/mol. The Morgan fingerprint density at radius 2 is 1.72 bits per heavy atom. The van der Waals surface area contributed by atoms with Crippen LogP contribution < -0.4 is 9.47 Å². The van der Waals surface area contributed by atoms with Gasteiger partial charge in [0.1, 0.15) is 23.1 Å². The number of amides is 1. The van der Waals surface area contributed by atoms with Gasteiger partial charge in [0, 0.05) is 18.2 Å². The fraction of sp³-hybridized carbons (Fsp3) is 0.231. The van der Waals surface area contributed by atoms with E-state index >= 15 is 0 Å². The molecule has 0 saturated carbocycles. The van der Waals surface area contributed by atoms with Crippen molar-refractivity contribution >= 4 is 17.0 Å². The Labute approximate surface area is 186 Å². The lowest BCUT2D eigenvalue weighted by molar-refractivity contribution is 0.0716. The normalized spacial score (nSPS) is 15.8. The summed E-state index contributed by atoms with van der Waals surface area (Å²) in [4.78, 5) is 20.0. The smallest absolute Gasteiger partial charge is 0.254 e. The number of likely N-dealkylation sites (tertiary alicyclic amines) is 1. The van der Waals surface area contributed by atoms with E-state index in [1.165, 1.54) is 0 Å². The lowest BCUT2D eigenvalue weighted by Gasteiger charge is -2.22. The number of hydrogen-bond donors (Lipinski definition) is 0. The third kappa shape index (κ3) is 3.68. The molecule has 6 nitrogen and oxygen atoms in total. The number of hydrogen-bond acceptors (Lipinski definition) is 5. The molecule has 6 heteroatoms. The second-order valence-electron chi connectivity index (χ2n) is 7.86. The molecule has 0 aliphatic carbocycles. The zero-order valence-electron chi connectivity index (χ0n) is 18.1. The van der Waals surface area contributed by atoms with E-state index in [1.807, 2.05) is 41.3 Å². The van der Waals surface area contributed by atoms with E-state index in [1.54, 1.807) is 32.4 Å². The summed E-state index contributed by atoms with van der Waals surface area (Å²) in [6, 6.07) is 21.2. The van der Waals surface area contributed by atoms with Gasteiger partial charge in [-0.05, 0) is 48.2 Å². The highest BCUT2D eigenvalue weighted by Gasteiger charge is 2.34. The van der Waals surface area contributed by atoms with Crippen molar-refractivity contribution in [2.75, 3.05) is 20.8 Å². The van der Waals surface area contributed by atoms with Gasteiger partial charge in [0.25, 0.3) is 5.91 Å². The highest BCUT2D eigenvalue weighted by molar-refractivity contribution is 5.95. The lowest BCUT2D eigenvalue weighted by Crippen LogP contribution is -2.30. The van der Waals surface area contributed by atoms with Gasteiger partial charge in [-0.1, -0.05) is 36.4 Å². The molecule has 0 N–H and O–H groups in total. The first-order valence-electron chi connectivity index (χ1n) is 10.7. The van der Waals surface area contributed by atoms with E-state index in [9.17, 15) is 4.79 Å². The molecule has 0 spiro atoms. The van der Waals surface area contributed by atoms with Crippen LogP contribution in [0.4, 0.5) is 0 Å². The molecule has 2 heterocycles. The standard InChI is InChI=1S/C26H24N2O4/c1-30-20-13-19(14-21(16-20)31-2)26(29)28-12-6-9-23(28)25-27-22-15-18(10-11-24(22)32-25)17-7-4-3-5-8-17/h3-5,7-8,10-11,13-16,23H,6,9,12H2,1-2H3/t23-/m0/s1. The van der Waals surface area contributed by atoms with Gasteiger partial charge in [-0.3, -0.25) is 4.79 Å². The van der Waals surface area contributed by atoms with Crippen molar-refractivity contribution < 1.29 is 18.7 Å². The van der Waals surface area contributed by atoms with Gasteiger partial charge in [-0.15, -0.1) is 0 Å². The molecule has 1 aliphatic heterocycles. The SMILES string of the molecule is COc1cc(OC)cc(C(=O)N2CCC[C@H]2c2nc3cc(-c4ccccc4)ccc3o2)c1. The first-order valence-corrected chi connectivity index (χ1v) is 10.7. The minimum atomic E-state index is -0.202. The van der Waals surface area contributed by atoms with Gasteiger partial charge in [-0.25, -0.2) is 4.98 Å². The second kappa shape index (κ2) is 8.38. The van der Waals surface area contributed by atoms with Crippen LogP contribution in [0.5, 0.6) is 11.5 Å². The summed E-state index contributed by atoms with van der Waals surface area (Å²) >= 11 is 0. The van der Waals surface area contributed by atoms with Crippen molar-refractivity contribution in [2.45, 2.75) is 18.9 Å². The Kier molecular flexibility index (Phi) is 5.27. The summed E-state index contributed by atoms with van der Waals surface area (Å²) in [5.74, 6) is 1.65.